The molecule has 1 fully saturated rings. The fourth-order valence-corrected chi connectivity index (χ4v) is 3.91. The van der Waals surface area contributed by atoms with Gasteiger partial charge in [-0.15, -0.1) is 0 Å². The number of benzene rings is 1. The van der Waals surface area contributed by atoms with Crippen LogP contribution in [-0.2, 0) is 17.6 Å². The average Bonchev–Trinajstić information content (AvgIpc) is 2.85. The van der Waals surface area contributed by atoms with Crippen molar-refractivity contribution in [1.29, 1.82) is 0 Å². The average molecular weight is 371 g/mol. The summed E-state index contributed by atoms with van der Waals surface area (Å²) in [6.45, 7) is 1.16. The summed E-state index contributed by atoms with van der Waals surface area (Å²) in [6.07, 6.45) is 2.80. The molecule has 2 aliphatic rings. The van der Waals surface area contributed by atoms with Crippen molar-refractivity contribution < 1.29 is 14.6 Å². The van der Waals surface area contributed by atoms with Gasteiger partial charge in [0, 0.05) is 25.9 Å². The normalized spacial score (nSPS) is 21.6. The van der Waals surface area contributed by atoms with Crippen LogP contribution in [-0.4, -0.2) is 44.6 Å². The Bertz CT molecular complexity index is 978. The van der Waals surface area contributed by atoms with Gasteiger partial charge in [-0.3, -0.25) is 19.6 Å². The van der Waals surface area contributed by atoms with Gasteiger partial charge in [-0.25, -0.2) is 4.79 Å². The number of hydrogen-bond donors (Lipinski definition) is 3. The van der Waals surface area contributed by atoms with E-state index in [9.17, 15) is 19.5 Å². The van der Waals surface area contributed by atoms with E-state index in [4.69, 9.17) is 4.74 Å². The molecule has 1 saturated heterocycles. The van der Waals surface area contributed by atoms with E-state index in [-0.39, 0.29) is 24.0 Å². The molecule has 4 rings (SSSR count). The molecular formula is C19H21N3O5. The van der Waals surface area contributed by atoms with E-state index in [1.807, 2.05) is 4.90 Å². The topological polar surface area (TPSA) is 115 Å². The summed E-state index contributed by atoms with van der Waals surface area (Å²) in [5.41, 5.74) is -0.207. The number of nitrogens with one attached hydrogen (secondary N) is 2. The Labute approximate surface area is 154 Å². The molecule has 1 aromatic carbocycles. The van der Waals surface area contributed by atoms with Crippen molar-refractivity contribution in [1.82, 2.24) is 14.9 Å². The molecule has 3 N–H and O–H groups in total. The third-order valence-electron chi connectivity index (χ3n) is 5.36. The lowest BCUT2D eigenvalue weighted by Crippen LogP contribution is -2.38. The molecular weight excluding hydrogens is 350 g/mol. The van der Waals surface area contributed by atoms with Crippen molar-refractivity contribution in [2.75, 3.05) is 13.1 Å². The highest BCUT2D eigenvalue weighted by Gasteiger charge is 2.43. The van der Waals surface area contributed by atoms with Crippen LogP contribution in [0.5, 0.6) is 11.6 Å². The molecule has 0 aliphatic carbocycles. The van der Waals surface area contributed by atoms with Crippen molar-refractivity contribution in [2.45, 2.75) is 37.7 Å². The standard InChI is InChI=1S/C19H21N3O5/c23-13-4-2-12(3-5-13)10-15(24)22-8-1-6-19(7-9-22)11-14-16(25)20-18(26)21-17(14)27-19/h2-5,23H,1,6-11H2,(H2,20,21,25,26). The van der Waals surface area contributed by atoms with Crippen molar-refractivity contribution in [3.05, 3.63) is 56.2 Å². The molecule has 1 spiro atoms. The number of hydrogen-bond acceptors (Lipinski definition) is 5. The number of aromatic nitrogens is 2. The van der Waals surface area contributed by atoms with Crippen LogP contribution in [0.1, 0.15) is 30.4 Å². The number of phenolic OH excluding ortho intramolecular Hbond substituents is 1. The second-order valence-electron chi connectivity index (χ2n) is 7.26. The first-order valence-electron chi connectivity index (χ1n) is 9.04. The molecule has 8 heteroatoms. The van der Waals surface area contributed by atoms with Gasteiger partial charge in [0.05, 0.1) is 12.0 Å². The number of nitrogens with zero attached hydrogens (tertiary/aromatic N) is 1. The van der Waals surface area contributed by atoms with Gasteiger partial charge in [-0.05, 0) is 30.5 Å². The third kappa shape index (κ3) is 3.47. The monoisotopic (exact) mass is 371 g/mol. The molecule has 0 saturated carbocycles. The minimum absolute atomic E-state index is 0.0273. The summed E-state index contributed by atoms with van der Waals surface area (Å²) in [5, 5.41) is 9.35. The molecule has 142 valence electrons. The highest BCUT2D eigenvalue weighted by molar-refractivity contribution is 5.78. The predicted octanol–water partition coefficient (Wildman–Crippen LogP) is 0.698. The molecule has 1 aromatic heterocycles. The van der Waals surface area contributed by atoms with Crippen molar-refractivity contribution in [3.8, 4) is 11.6 Å². The first kappa shape index (κ1) is 17.4. The van der Waals surface area contributed by atoms with Gasteiger partial charge >= 0.3 is 5.69 Å². The van der Waals surface area contributed by atoms with E-state index >= 15 is 0 Å². The second kappa shape index (κ2) is 6.61. The fourth-order valence-electron chi connectivity index (χ4n) is 3.91. The Hall–Kier alpha value is -3.03. The fraction of sp³-hybridized carbons (Fsp3) is 0.421. The predicted molar refractivity (Wildman–Crippen MR) is 97.0 cm³/mol. The van der Waals surface area contributed by atoms with Crippen molar-refractivity contribution in [2.24, 2.45) is 0 Å². The smallest absolute Gasteiger partial charge is 0.328 e. The zero-order chi connectivity index (χ0) is 19.0. The zero-order valence-electron chi connectivity index (χ0n) is 14.8. The Balaban J connectivity index is 1.44. The first-order valence-corrected chi connectivity index (χ1v) is 9.04. The van der Waals surface area contributed by atoms with Gasteiger partial charge in [0.1, 0.15) is 11.4 Å². The number of aromatic hydroxyl groups is 1. The molecule has 2 aliphatic heterocycles. The summed E-state index contributed by atoms with van der Waals surface area (Å²) in [4.78, 5) is 42.7. The van der Waals surface area contributed by atoms with Crippen LogP contribution in [0, 0.1) is 0 Å². The number of fused-ring (bicyclic) bond motifs is 1. The van der Waals surface area contributed by atoms with Crippen LogP contribution >= 0.6 is 0 Å². The minimum atomic E-state index is -0.574. The molecule has 1 amide bonds. The maximum absolute atomic E-state index is 12.6. The maximum atomic E-state index is 12.6. The highest BCUT2D eigenvalue weighted by atomic mass is 16.5. The second-order valence-corrected chi connectivity index (χ2v) is 7.26. The van der Waals surface area contributed by atoms with Crippen molar-refractivity contribution >= 4 is 5.91 Å². The van der Waals surface area contributed by atoms with Crippen LogP contribution in [0.2, 0.25) is 0 Å². The van der Waals surface area contributed by atoms with Gasteiger partial charge in [-0.2, -0.15) is 0 Å². The van der Waals surface area contributed by atoms with Gasteiger partial charge < -0.3 is 14.7 Å². The van der Waals surface area contributed by atoms with E-state index < -0.39 is 16.9 Å². The molecule has 2 aromatic rings. The van der Waals surface area contributed by atoms with Gasteiger partial charge in [-0.1, -0.05) is 12.1 Å². The number of H-pyrrole nitrogens is 2. The largest absolute Gasteiger partial charge is 0.508 e. The number of amides is 1. The van der Waals surface area contributed by atoms with Crippen LogP contribution in [0.4, 0.5) is 0 Å². The molecule has 3 heterocycles. The summed E-state index contributed by atoms with van der Waals surface area (Å²) >= 11 is 0. The Morgan fingerprint density at radius 2 is 1.93 bits per heavy atom. The number of phenols is 1. The van der Waals surface area contributed by atoms with Crippen LogP contribution in [0.15, 0.2) is 33.9 Å². The molecule has 0 radical (unpaired) electrons. The van der Waals surface area contributed by atoms with Gasteiger partial charge in [0.25, 0.3) is 5.56 Å². The number of carbonyl (C=O) groups excluding carboxylic acids is 1. The number of rotatable bonds is 2. The number of ether oxygens (including phenoxy) is 1. The first-order chi connectivity index (χ1) is 12.9. The van der Waals surface area contributed by atoms with E-state index in [1.165, 1.54) is 0 Å². The third-order valence-corrected chi connectivity index (χ3v) is 5.36. The number of aromatic amines is 2. The summed E-state index contributed by atoms with van der Waals surface area (Å²) in [6, 6.07) is 6.63. The lowest BCUT2D eigenvalue weighted by Gasteiger charge is -2.27. The molecule has 27 heavy (non-hydrogen) atoms. The lowest BCUT2D eigenvalue weighted by molar-refractivity contribution is -0.130. The quantitative estimate of drug-likeness (QED) is 0.719. The maximum Gasteiger partial charge on any atom is 0.328 e. The van der Waals surface area contributed by atoms with Crippen LogP contribution in [0.3, 0.4) is 0 Å². The van der Waals surface area contributed by atoms with E-state index in [0.717, 1.165) is 12.0 Å². The summed E-state index contributed by atoms with van der Waals surface area (Å²) in [5.74, 6) is 0.459. The van der Waals surface area contributed by atoms with Crippen LogP contribution in [0.25, 0.3) is 0 Å². The molecule has 1 unspecified atom stereocenters. The number of likely N-dealkylation sites (tertiary alicyclic amines) is 1. The molecule has 1 atom stereocenters. The van der Waals surface area contributed by atoms with E-state index in [0.29, 0.717) is 37.9 Å². The van der Waals surface area contributed by atoms with Crippen LogP contribution < -0.4 is 16.0 Å². The lowest BCUT2D eigenvalue weighted by atomic mass is 9.90. The Morgan fingerprint density at radius 3 is 2.70 bits per heavy atom. The number of carbonyl (C=O) groups is 1. The molecule has 8 nitrogen and oxygen atoms in total. The molecule has 0 bridgehead atoms. The summed E-state index contributed by atoms with van der Waals surface area (Å²) < 4.78 is 6.00. The highest BCUT2D eigenvalue weighted by Crippen LogP contribution is 2.37. The SMILES string of the molecule is O=C(Cc1ccc(O)cc1)N1CCCC2(CC1)Cc1c([nH]c(=O)[nH]c1=O)O2. The van der Waals surface area contributed by atoms with E-state index in [1.54, 1.807) is 24.3 Å². The summed E-state index contributed by atoms with van der Waals surface area (Å²) in [7, 11) is 0. The minimum Gasteiger partial charge on any atom is -0.508 e. The Morgan fingerprint density at radius 1 is 1.15 bits per heavy atom. The Kier molecular flexibility index (Phi) is 4.25. The van der Waals surface area contributed by atoms with E-state index in [2.05, 4.69) is 9.97 Å². The van der Waals surface area contributed by atoms with Gasteiger partial charge in [0.15, 0.2) is 0 Å². The van der Waals surface area contributed by atoms with Gasteiger partial charge in [0.2, 0.25) is 11.8 Å². The van der Waals surface area contributed by atoms with Crippen molar-refractivity contribution in [3.63, 3.8) is 0 Å². The zero-order valence-corrected chi connectivity index (χ0v) is 14.8.